The Balaban J connectivity index is 2.49. The van der Waals surface area contributed by atoms with Crippen LogP contribution >= 0.6 is 0 Å². The Hall–Kier alpha value is -1.18. The van der Waals surface area contributed by atoms with E-state index in [4.69, 9.17) is 9.47 Å². The van der Waals surface area contributed by atoms with Gasteiger partial charge in [0, 0.05) is 32.5 Å². The van der Waals surface area contributed by atoms with Crippen LogP contribution in [0.2, 0.25) is 0 Å². The first kappa shape index (κ1) is 58.8. The molecule has 7 nitrogen and oxygen atoms in total. The molecule has 1 aliphatic rings. The molecule has 0 spiro atoms. The molecule has 0 unspecified atom stereocenters. The van der Waals surface area contributed by atoms with Crippen LogP contribution in [0.25, 0.3) is 0 Å². The van der Waals surface area contributed by atoms with Crippen molar-refractivity contribution in [2.45, 2.75) is 277 Å². The summed E-state index contributed by atoms with van der Waals surface area (Å²) in [4.78, 5) is 30.5. The number of unbranched alkanes of at least 4 members (excludes halogenated alkanes) is 24. The fourth-order valence-electron chi connectivity index (χ4n) is 9.48. The minimum Gasteiger partial charge on any atom is -0.465 e. The molecule has 0 radical (unpaired) electrons. The number of esters is 2. The number of hydrogen-bond donors (Lipinski definition) is 1. The lowest BCUT2D eigenvalue weighted by molar-refractivity contribution is -0.146. The fraction of sp³-hybridized carbons (Fsp3) is 0.964. The lowest BCUT2D eigenvalue weighted by Crippen LogP contribution is -2.50. The second-order valence-corrected chi connectivity index (χ2v) is 20.2. The zero-order valence-corrected chi connectivity index (χ0v) is 42.4. The summed E-state index contributed by atoms with van der Waals surface area (Å²) in [7, 11) is 2.14. The Kier molecular flexibility index (Phi) is 40.3. The molecule has 0 aromatic rings. The van der Waals surface area contributed by atoms with E-state index < -0.39 is 5.60 Å². The molecule has 1 fully saturated rings. The number of ether oxygens (including phenoxy) is 2. The second kappa shape index (κ2) is 42.5. The summed E-state index contributed by atoms with van der Waals surface area (Å²) in [6.07, 6.45) is 44.7. The van der Waals surface area contributed by atoms with Crippen molar-refractivity contribution in [2.75, 3.05) is 53.0 Å². The van der Waals surface area contributed by atoms with Gasteiger partial charge in [0.1, 0.15) is 0 Å². The van der Waals surface area contributed by atoms with E-state index in [9.17, 15) is 14.7 Å². The van der Waals surface area contributed by atoms with E-state index in [2.05, 4.69) is 44.5 Å². The van der Waals surface area contributed by atoms with Gasteiger partial charge in [-0.3, -0.25) is 9.59 Å². The molecular weight excluding hydrogens is 769 g/mol. The van der Waals surface area contributed by atoms with E-state index in [-0.39, 0.29) is 11.9 Å². The highest BCUT2D eigenvalue weighted by atomic mass is 16.5. The van der Waals surface area contributed by atoms with E-state index in [1.165, 1.54) is 180 Å². The second-order valence-electron chi connectivity index (χ2n) is 20.2. The van der Waals surface area contributed by atoms with Crippen LogP contribution in [-0.2, 0) is 19.1 Å². The summed E-state index contributed by atoms with van der Waals surface area (Å²) in [5, 5.41) is 11.5. The van der Waals surface area contributed by atoms with Crippen molar-refractivity contribution >= 4 is 11.9 Å². The lowest BCUT2D eigenvalue weighted by atomic mass is 9.91. The Labute approximate surface area is 386 Å². The van der Waals surface area contributed by atoms with Crippen LogP contribution in [-0.4, -0.2) is 85.4 Å². The number of carbonyl (C=O) groups is 2. The van der Waals surface area contributed by atoms with Crippen molar-refractivity contribution in [1.82, 2.24) is 9.80 Å². The van der Waals surface area contributed by atoms with Crippen LogP contribution in [0.1, 0.15) is 272 Å². The zero-order valence-electron chi connectivity index (χ0n) is 42.4. The SMILES string of the molecule is CCCCCCCCC(CCCCCCCC)COC(=O)CCCCCN(CCCCCC(=O)OCC(CCCCCCCC)CCCCCCCC)CC1(O)CCN(C)CC1. The highest BCUT2D eigenvalue weighted by Crippen LogP contribution is 2.25. The molecule has 368 valence electrons. The number of hydrogen-bond acceptors (Lipinski definition) is 7. The first-order chi connectivity index (χ1) is 30.2. The first-order valence-corrected chi connectivity index (χ1v) is 27.7. The van der Waals surface area contributed by atoms with E-state index in [0.717, 1.165) is 77.5 Å². The van der Waals surface area contributed by atoms with Crippen LogP contribution in [0.3, 0.4) is 0 Å². The van der Waals surface area contributed by atoms with Crippen LogP contribution in [0.5, 0.6) is 0 Å². The average Bonchev–Trinajstić information content (AvgIpc) is 3.26. The molecule has 1 aliphatic heterocycles. The van der Waals surface area contributed by atoms with Crippen LogP contribution in [0.15, 0.2) is 0 Å². The van der Waals surface area contributed by atoms with Gasteiger partial charge in [0.25, 0.3) is 0 Å². The minimum atomic E-state index is -0.636. The van der Waals surface area contributed by atoms with Gasteiger partial charge in [0.2, 0.25) is 0 Å². The van der Waals surface area contributed by atoms with Crippen molar-refractivity contribution < 1.29 is 24.2 Å². The Morgan fingerprint density at radius 2 is 0.790 bits per heavy atom. The highest BCUT2D eigenvalue weighted by Gasteiger charge is 2.33. The molecule has 1 saturated heterocycles. The standard InChI is InChI=1S/C55H108N2O5/c1-6-10-14-18-22-28-36-51(37-29-23-19-15-11-7-2)48-61-53(58)40-32-26-34-44-57(50-55(60)42-46-56(5)47-43-55)45-35-27-33-41-54(59)62-49-52(38-30-24-20-16-12-8-3)39-31-25-21-17-13-9-4/h51-52,60H,6-50H2,1-5H3. The minimum absolute atomic E-state index is 0.0250. The van der Waals surface area contributed by atoms with E-state index in [1.807, 2.05) is 0 Å². The number of nitrogens with zero attached hydrogens (tertiary/aromatic N) is 2. The van der Waals surface area contributed by atoms with Crippen molar-refractivity contribution in [3.63, 3.8) is 0 Å². The molecule has 1 rings (SSSR count). The molecular formula is C55H108N2O5. The Morgan fingerprint density at radius 1 is 0.484 bits per heavy atom. The zero-order chi connectivity index (χ0) is 45.2. The van der Waals surface area contributed by atoms with Gasteiger partial charge >= 0.3 is 11.9 Å². The number of likely N-dealkylation sites (tertiary alicyclic amines) is 1. The average molecular weight is 877 g/mol. The monoisotopic (exact) mass is 877 g/mol. The summed E-state index contributed by atoms with van der Waals surface area (Å²) in [5.74, 6) is 0.964. The highest BCUT2D eigenvalue weighted by molar-refractivity contribution is 5.69. The van der Waals surface area contributed by atoms with E-state index >= 15 is 0 Å². The van der Waals surface area contributed by atoms with Gasteiger partial charge in [-0.1, -0.05) is 195 Å². The predicted octanol–water partition coefficient (Wildman–Crippen LogP) is 15.2. The van der Waals surface area contributed by atoms with E-state index in [0.29, 0.717) is 44.4 Å². The van der Waals surface area contributed by atoms with Gasteiger partial charge < -0.3 is 24.4 Å². The largest absolute Gasteiger partial charge is 0.465 e. The third-order valence-electron chi connectivity index (χ3n) is 14.0. The molecule has 0 saturated carbocycles. The summed E-state index contributed by atoms with van der Waals surface area (Å²) < 4.78 is 11.8. The molecule has 0 amide bonds. The summed E-state index contributed by atoms with van der Waals surface area (Å²) in [6, 6.07) is 0. The van der Waals surface area contributed by atoms with Gasteiger partial charge in [0.05, 0.1) is 18.8 Å². The Morgan fingerprint density at radius 3 is 1.13 bits per heavy atom. The normalized spacial score (nSPS) is 14.4. The molecule has 0 aromatic carbocycles. The predicted molar refractivity (Wildman–Crippen MR) is 266 cm³/mol. The number of aliphatic hydroxyl groups is 1. The number of rotatable bonds is 46. The maximum Gasteiger partial charge on any atom is 0.305 e. The van der Waals surface area contributed by atoms with Crippen molar-refractivity contribution in [3.05, 3.63) is 0 Å². The first-order valence-electron chi connectivity index (χ1n) is 27.7. The van der Waals surface area contributed by atoms with Crippen LogP contribution in [0.4, 0.5) is 0 Å². The van der Waals surface area contributed by atoms with Crippen molar-refractivity contribution in [3.8, 4) is 0 Å². The molecule has 0 bridgehead atoms. The van der Waals surface area contributed by atoms with Gasteiger partial charge in [-0.15, -0.1) is 0 Å². The molecule has 1 N–H and O–H groups in total. The summed E-state index contributed by atoms with van der Waals surface area (Å²) in [6.45, 7) is 14.8. The summed E-state index contributed by atoms with van der Waals surface area (Å²) >= 11 is 0. The maximum absolute atomic E-state index is 12.9. The fourth-order valence-corrected chi connectivity index (χ4v) is 9.48. The van der Waals surface area contributed by atoms with Gasteiger partial charge in [-0.25, -0.2) is 0 Å². The lowest BCUT2D eigenvalue weighted by Gasteiger charge is -2.40. The number of carbonyl (C=O) groups excluding carboxylic acids is 2. The molecule has 62 heavy (non-hydrogen) atoms. The van der Waals surface area contributed by atoms with Crippen LogP contribution < -0.4 is 0 Å². The molecule has 7 heteroatoms. The molecule has 0 aliphatic carbocycles. The third kappa shape index (κ3) is 36.1. The van der Waals surface area contributed by atoms with Gasteiger partial charge in [-0.05, 0) is 96.2 Å². The van der Waals surface area contributed by atoms with Gasteiger partial charge in [0.15, 0.2) is 0 Å². The molecule has 0 atom stereocenters. The quantitative estimate of drug-likeness (QED) is 0.0482. The van der Waals surface area contributed by atoms with Crippen molar-refractivity contribution in [2.24, 2.45) is 11.8 Å². The summed E-state index contributed by atoms with van der Waals surface area (Å²) in [5.41, 5.74) is -0.636. The van der Waals surface area contributed by atoms with Crippen molar-refractivity contribution in [1.29, 1.82) is 0 Å². The Bertz CT molecular complexity index is 891. The topological polar surface area (TPSA) is 79.3 Å². The van der Waals surface area contributed by atoms with Crippen LogP contribution in [0, 0.1) is 11.8 Å². The molecule has 1 heterocycles. The van der Waals surface area contributed by atoms with E-state index in [1.54, 1.807) is 0 Å². The smallest absolute Gasteiger partial charge is 0.305 e. The third-order valence-corrected chi connectivity index (χ3v) is 14.0. The molecule has 0 aromatic heterocycles. The van der Waals surface area contributed by atoms with Gasteiger partial charge in [-0.2, -0.15) is 0 Å². The maximum atomic E-state index is 12.9. The number of piperidine rings is 1.